The Labute approximate surface area is 194 Å². The number of alkyl halides is 15. The van der Waals surface area contributed by atoms with E-state index in [2.05, 4.69) is 0 Å². The topological polar surface area (TPSA) is 20.2 Å². The Hall–Kier alpha value is -1.87. The molecule has 1 aromatic carbocycles. The van der Waals surface area contributed by atoms with E-state index in [-0.39, 0.29) is 6.42 Å². The normalized spacial score (nSPS) is 16.7. The van der Waals surface area contributed by atoms with E-state index in [9.17, 15) is 71.0 Å². The molecule has 0 radical (unpaired) electrons. The summed E-state index contributed by atoms with van der Waals surface area (Å²) in [5, 5.41) is 10.2. The van der Waals surface area contributed by atoms with Crippen LogP contribution < -0.4 is 0 Å². The van der Waals surface area contributed by atoms with Gasteiger partial charge in [0.15, 0.2) is 0 Å². The number of benzene rings is 1. The second-order valence-corrected chi connectivity index (χ2v) is 8.33. The minimum absolute atomic E-state index is 0.278. The molecule has 1 aromatic rings. The molecule has 0 bridgehead atoms. The van der Waals surface area contributed by atoms with Crippen molar-refractivity contribution >= 4 is 0 Å². The van der Waals surface area contributed by atoms with Crippen molar-refractivity contribution in [3.05, 3.63) is 35.4 Å². The van der Waals surface area contributed by atoms with Crippen molar-refractivity contribution in [2.75, 3.05) is 0 Å². The van der Waals surface area contributed by atoms with Crippen LogP contribution in [0.4, 0.5) is 65.9 Å². The summed E-state index contributed by atoms with van der Waals surface area (Å²) in [4.78, 5) is 0. The summed E-state index contributed by atoms with van der Waals surface area (Å²) >= 11 is 0. The molecule has 0 aliphatic carbocycles. The molecular formula is C20H19F15O. The number of hydrogen-bond acceptors (Lipinski definition) is 1. The van der Waals surface area contributed by atoms with Gasteiger partial charge in [0, 0.05) is 0 Å². The molecule has 0 saturated heterocycles. The van der Waals surface area contributed by atoms with Crippen LogP contribution in [-0.2, 0) is 12.0 Å². The van der Waals surface area contributed by atoms with Gasteiger partial charge in [-0.2, -0.15) is 65.9 Å². The fourth-order valence-corrected chi connectivity index (χ4v) is 3.09. The van der Waals surface area contributed by atoms with E-state index < -0.39 is 59.3 Å². The van der Waals surface area contributed by atoms with Crippen molar-refractivity contribution < 1.29 is 71.0 Å². The second kappa shape index (κ2) is 9.46. The highest BCUT2D eigenvalue weighted by atomic mass is 19.4. The maximum atomic E-state index is 14.3. The predicted octanol–water partition coefficient (Wildman–Crippen LogP) is 8.00. The molecule has 0 aliphatic heterocycles. The minimum atomic E-state index is -8.35. The summed E-state index contributed by atoms with van der Waals surface area (Å²) in [6.07, 6.45) is -9.05. The fourth-order valence-electron chi connectivity index (χ4n) is 3.09. The van der Waals surface area contributed by atoms with Crippen LogP contribution in [0.1, 0.15) is 44.2 Å². The van der Waals surface area contributed by atoms with Gasteiger partial charge < -0.3 is 5.11 Å². The first-order chi connectivity index (χ1) is 15.7. The molecule has 36 heavy (non-hydrogen) atoms. The third-order valence-electron chi connectivity index (χ3n) is 5.33. The zero-order valence-corrected chi connectivity index (χ0v) is 18.3. The molecule has 0 aromatic heterocycles. The smallest absolute Gasteiger partial charge is 0.385 e. The third kappa shape index (κ3) is 5.10. The van der Waals surface area contributed by atoms with E-state index >= 15 is 0 Å². The van der Waals surface area contributed by atoms with E-state index in [1.165, 1.54) is 6.07 Å². The lowest BCUT2D eigenvalue weighted by Gasteiger charge is -2.42. The summed E-state index contributed by atoms with van der Waals surface area (Å²) in [5.41, 5.74) is -3.48. The van der Waals surface area contributed by atoms with Crippen LogP contribution in [0.3, 0.4) is 0 Å². The number of unbranched alkanes of at least 4 members (excludes halogenated alkanes) is 1. The van der Waals surface area contributed by atoms with Crippen LogP contribution in [-0.4, -0.2) is 46.8 Å². The van der Waals surface area contributed by atoms with Gasteiger partial charge in [0.1, 0.15) is 0 Å². The standard InChI is InChI=1S/C20H19F15O/c1-3-4-6-11-7-5-8-12(9-11)13(2,36)10-14(21,22)15(23,24)16(25,26)17(27,28)18(29,30)19(31,32)20(33,34)35/h5,7-9,36H,3-4,6,10H2,1-2H3. The highest BCUT2D eigenvalue weighted by Crippen LogP contribution is 2.63. The average Bonchev–Trinajstić information content (AvgIpc) is 2.70. The Kier molecular flexibility index (Phi) is 8.45. The van der Waals surface area contributed by atoms with E-state index in [1.807, 2.05) is 0 Å². The van der Waals surface area contributed by atoms with Crippen LogP contribution in [0.2, 0.25) is 0 Å². The first-order valence-corrected chi connectivity index (χ1v) is 9.90. The van der Waals surface area contributed by atoms with Crippen molar-refractivity contribution in [2.24, 2.45) is 0 Å². The van der Waals surface area contributed by atoms with Crippen molar-refractivity contribution in [1.29, 1.82) is 0 Å². The molecule has 1 unspecified atom stereocenters. The molecule has 0 spiro atoms. The zero-order chi connectivity index (χ0) is 28.8. The molecule has 210 valence electrons. The van der Waals surface area contributed by atoms with Crippen LogP contribution in [0, 0.1) is 0 Å². The summed E-state index contributed by atoms with van der Waals surface area (Å²) in [6, 6.07) is 4.37. The van der Waals surface area contributed by atoms with E-state index in [1.54, 1.807) is 6.92 Å². The van der Waals surface area contributed by atoms with Crippen molar-refractivity contribution in [2.45, 2.75) is 86.8 Å². The molecular weight excluding hydrogens is 541 g/mol. The molecule has 16 heteroatoms. The molecule has 0 aliphatic rings. The predicted molar refractivity (Wildman–Crippen MR) is 95.0 cm³/mol. The van der Waals surface area contributed by atoms with Crippen LogP contribution >= 0.6 is 0 Å². The summed E-state index contributed by atoms with van der Waals surface area (Å²) in [5.74, 6) is -47.0. The SMILES string of the molecule is CCCCc1cccc(C(C)(O)CC(F)(F)C(F)(F)C(F)(F)C(F)(F)C(F)(F)C(F)(F)C(F)(F)F)c1. The first kappa shape index (κ1) is 32.2. The maximum absolute atomic E-state index is 14.3. The van der Waals surface area contributed by atoms with Gasteiger partial charge in [-0.15, -0.1) is 0 Å². The number of aryl methyl sites for hydroxylation is 1. The van der Waals surface area contributed by atoms with E-state index in [0.29, 0.717) is 25.3 Å². The maximum Gasteiger partial charge on any atom is 0.460 e. The van der Waals surface area contributed by atoms with Crippen LogP contribution in [0.5, 0.6) is 0 Å². The molecule has 0 fully saturated rings. The second-order valence-electron chi connectivity index (χ2n) is 8.33. The van der Waals surface area contributed by atoms with Gasteiger partial charge in [0.25, 0.3) is 0 Å². The molecule has 1 nitrogen and oxygen atoms in total. The zero-order valence-electron chi connectivity index (χ0n) is 18.3. The van der Waals surface area contributed by atoms with Gasteiger partial charge in [-0.3, -0.25) is 0 Å². The minimum Gasteiger partial charge on any atom is -0.385 e. The van der Waals surface area contributed by atoms with Gasteiger partial charge in [-0.05, 0) is 30.9 Å². The lowest BCUT2D eigenvalue weighted by atomic mass is 9.83. The summed E-state index contributed by atoms with van der Waals surface area (Å²) in [7, 11) is 0. The molecule has 0 heterocycles. The van der Waals surface area contributed by atoms with Crippen LogP contribution in [0.15, 0.2) is 24.3 Å². The summed E-state index contributed by atoms with van der Waals surface area (Å²) < 4.78 is 200. The van der Waals surface area contributed by atoms with Gasteiger partial charge in [-0.25, -0.2) is 0 Å². The molecule has 1 rings (SSSR count). The molecule has 1 N–H and O–H groups in total. The number of hydrogen-bond donors (Lipinski definition) is 1. The largest absolute Gasteiger partial charge is 0.460 e. The Morgan fingerprint density at radius 2 is 1.11 bits per heavy atom. The van der Waals surface area contributed by atoms with Gasteiger partial charge in [0.2, 0.25) is 0 Å². The Bertz CT molecular complexity index is 903. The van der Waals surface area contributed by atoms with E-state index in [0.717, 1.165) is 18.2 Å². The highest BCUT2D eigenvalue weighted by Gasteiger charge is 2.93. The van der Waals surface area contributed by atoms with E-state index in [4.69, 9.17) is 0 Å². The molecule has 0 amide bonds. The number of halogens is 15. The lowest BCUT2D eigenvalue weighted by molar-refractivity contribution is -0.453. The Morgan fingerprint density at radius 1 is 0.667 bits per heavy atom. The Balaban J connectivity index is 3.49. The van der Waals surface area contributed by atoms with Gasteiger partial charge >= 0.3 is 41.7 Å². The summed E-state index contributed by atoms with van der Waals surface area (Å²) in [6.45, 7) is 2.12. The van der Waals surface area contributed by atoms with Crippen molar-refractivity contribution in [3.8, 4) is 0 Å². The third-order valence-corrected chi connectivity index (χ3v) is 5.33. The number of aliphatic hydroxyl groups is 1. The van der Waals surface area contributed by atoms with Gasteiger partial charge in [0.05, 0.1) is 12.0 Å². The average molecular weight is 560 g/mol. The molecule has 0 saturated carbocycles. The Morgan fingerprint density at radius 3 is 1.56 bits per heavy atom. The van der Waals surface area contributed by atoms with Crippen LogP contribution in [0.25, 0.3) is 0 Å². The lowest BCUT2D eigenvalue weighted by Crippen LogP contribution is -2.72. The quantitative estimate of drug-likeness (QED) is 0.272. The molecule has 1 atom stereocenters. The fraction of sp³-hybridized carbons (Fsp3) is 0.700. The van der Waals surface area contributed by atoms with Crippen molar-refractivity contribution in [3.63, 3.8) is 0 Å². The number of rotatable bonds is 11. The highest BCUT2D eigenvalue weighted by molar-refractivity contribution is 5.29. The monoisotopic (exact) mass is 560 g/mol. The first-order valence-electron chi connectivity index (χ1n) is 9.90. The van der Waals surface area contributed by atoms with Crippen molar-refractivity contribution in [1.82, 2.24) is 0 Å². The van der Waals surface area contributed by atoms with Gasteiger partial charge in [-0.1, -0.05) is 37.6 Å².